The molecule has 1 saturated heterocycles. The fourth-order valence-electron chi connectivity index (χ4n) is 3.44. The van der Waals surface area contributed by atoms with Crippen molar-refractivity contribution in [2.45, 2.75) is 39.7 Å². The molecule has 0 bridgehead atoms. The summed E-state index contributed by atoms with van der Waals surface area (Å²) in [5, 5.41) is 7.22. The molecule has 0 unspecified atom stereocenters. The van der Waals surface area contributed by atoms with Crippen LogP contribution in [0.4, 0.5) is 5.95 Å². The van der Waals surface area contributed by atoms with Gasteiger partial charge in [0, 0.05) is 24.0 Å². The molecule has 0 radical (unpaired) electrons. The van der Waals surface area contributed by atoms with Crippen LogP contribution in [0.15, 0.2) is 23.1 Å². The maximum atomic E-state index is 11.7. The summed E-state index contributed by atoms with van der Waals surface area (Å²) in [6, 6.07) is -0.207. The van der Waals surface area contributed by atoms with Crippen LogP contribution in [0.5, 0.6) is 0 Å². The largest absolute Gasteiger partial charge is 0.356 e. The van der Waals surface area contributed by atoms with Gasteiger partial charge < -0.3 is 9.84 Å². The molecule has 1 aliphatic heterocycles. The second-order valence-corrected chi connectivity index (χ2v) is 9.40. The van der Waals surface area contributed by atoms with Crippen molar-refractivity contribution in [2.24, 2.45) is 0 Å². The molecular weight excluding hydrogens is 392 g/mol. The fraction of sp³-hybridized carbons (Fsp3) is 0.421. The van der Waals surface area contributed by atoms with Gasteiger partial charge in [0.25, 0.3) is 0 Å². The van der Waals surface area contributed by atoms with Gasteiger partial charge in [-0.3, -0.25) is 9.97 Å². The summed E-state index contributed by atoms with van der Waals surface area (Å²) in [5.41, 5.74) is 4.40. The topological polar surface area (TPSA) is 124 Å². The third-order valence-electron chi connectivity index (χ3n) is 4.96. The summed E-state index contributed by atoms with van der Waals surface area (Å²) in [6.45, 7) is 5.79. The van der Waals surface area contributed by atoms with Gasteiger partial charge in [-0.05, 0) is 26.7 Å². The molecule has 1 aliphatic rings. The van der Waals surface area contributed by atoms with Crippen LogP contribution in [0.1, 0.15) is 30.3 Å². The molecule has 1 fully saturated rings. The van der Waals surface area contributed by atoms with E-state index in [-0.39, 0.29) is 17.5 Å². The predicted octanol–water partition coefficient (Wildman–Crippen LogP) is 2.37. The maximum Gasteiger partial charge on any atom is 0.223 e. The Hall–Kier alpha value is -2.88. The smallest absolute Gasteiger partial charge is 0.223 e. The SMILES string of the molecule is CCc1c(C)noc1-c1cnc(N[C@@H]2CCS(=O)(=O)C2)nc1-c1cnc(C)cn1. The molecule has 0 aromatic carbocycles. The van der Waals surface area contributed by atoms with E-state index in [9.17, 15) is 8.42 Å². The Labute approximate surface area is 168 Å². The molecule has 10 heteroatoms. The third-order valence-corrected chi connectivity index (χ3v) is 6.73. The number of nitrogens with one attached hydrogen (secondary N) is 1. The second kappa shape index (κ2) is 7.51. The Bertz CT molecular complexity index is 1140. The first-order chi connectivity index (χ1) is 13.9. The number of rotatable bonds is 5. The zero-order valence-electron chi connectivity index (χ0n) is 16.5. The summed E-state index contributed by atoms with van der Waals surface area (Å²) in [7, 11) is -3.00. The fourth-order valence-corrected chi connectivity index (χ4v) is 5.11. The van der Waals surface area contributed by atoms with E-state index in [1.165, 1.54) is 0 Å². The van der Waals surface area contributed by atoms with Crippen LogP contribution in [-0.4, -0.2) is 51.1 Å². The highest BCUT2D eigenvalue weighted by Crippen LogP contribution is 2.33. The van der Waals surface area contributed by atoms with Gasteiger partial charge in [0.05, 0.1) is 34.7 Å². The van der Waals surface area contributed by atoms with E-state index >= 15 is 0 Å². The number of hydrogen-bond donors (Lipinski definition) is 1. The highest BCUT2D eigenvalue weighted by Gasteiger charge is 2.29. The average molecular weight is 414 g/mol. The highest BCUT2D eigenvalue weighted by molar-refractivity contribution is 7.91. The van der Waals surface area contributed by atoms with Crippen molar-refractivity contribution in [3.8, 4) is 22.7 Å². The van der Waals surface area contributed by atoms with Crippen molar-refractivity contribution in [2.75, 3.05) is 16.8 Å². The number of nitrogens with zero attached hydrogens (tertiary/aromatic N) is 5. The van der Waals surface area contributed by atoms with Crippen LogP contribution in [0.2, 0.25) is 0 Å². The first-order valence-corrected chi connectivity index (χ1v) is 11.3. The molecule has 1 atom stereocenters. The van der Waals surface area contributed by atoms with Gasteiger partial charge in [0.1, 0.15) is 11.4 Å². The van der Waals surface area contributed by atoms with Crippen molar-refractivity contribution in [1.82, 2.24) is 25.1 Å². The van der Waals surface area contributed by atoms with E-state index in [4.69, 9.17) is 4.52 Å². The molecule has 152 valence electrons. The van der Waals surface area contributed by atoms with Crippen molar-refractivity contribution in [3.63, 3.8) is 0 Å². The Morgan fingerprint density at radius 3 is 2.66 bits per heavy atom. The molecule has 1 N–H and O–H groups in total. The molecule has 0 saturated carbocycles. The summed E-state index contributed by atoms with van der Waals surface area (Å²) in [6.07, 6.45) is 6.27. The molecule has 3 aromatic rings. The van der Waals surface area contributed by atoms with Crippen LogP contribution < -0.4 is 5.32 Å². The lowest BCUT2D eigenvalue weighted by Crippen LogP contribution is -2.22. The van der Waals surface area contributed by atoms with Crippen molar-refractivity contribution < 1.29 is 12.9 Å². The Morgan fingerprint density at radius 1 is 1.17 bits per heavy atom. The minimum Gasteiger partial charge on any atom is -0.356 e. The molecule has 3 aromatic heterocycles. The summed E-state index contributed by atoms with van der Waals surface area (Å²) < 4.78 is 29.1. The van der Waals surface area contributed by atoms with E-state index in [1.54, 1.807) is 18.6 Å². The molecule has 9 nitrogen and oxygen atoms in total. The lowest BCUT2D eigenvalue weighted by molar-refractivity contribution is 0.426. The highest BCUT2D eigenvalue weighted by atomic mass is 32.2. The summed E-state index contributed by atoms with van der Waals surface area (Å²) >= 11 is 0. The first-order valence-electron chi connectivity index (χ1n) is 9.45. The molecular formula is C19H22N6O3S. The van der Waals surface area contributed by atoms with Gasteiger partial charge in [0.15, 0.2) is 15.6 Å². The van der Waals surface area contributed by atoms with Gasteiger partial charge in [-0.2, -0.15) is 0 Å². The van der Waals surface area contributed by atoms with Crippen LogP contribution in [0, 0.1) is 13.8 Å². The van der Waals surface area contributed by atoms with Crippen molar-refractivity contribution in [1.29, 1.82) is 0 Å². The number of aromatic nitrogens is 5. The molecule has 29 heavy (non-hydrogen) atoms. The molecule has 0 aliphatic carbocycles. The zero-order chi connectivity index (χ0) is 20.6. The number of aryl methyl sites for hydroxylation is 2. The monoisotopic (exact) mass is 414 g/mol. The van der Waals surface area contributed by atoms with Crippen LogP contribution in [-0.2, 0) is 16.3 Å². The van der Waals surface area contributed by atoms with Gasteiger partial charge in [-0.25, -0.2) is 18.4 Å². The maximum absolute atomic E-state index is 11.7. The Balaban J connectivity index is 1.78. The normalized spacial score (nSPS) is 18.1. The van der Waals surface area contributed by atoms with Gasteiger partial charge >= 0.3 is 0 Å². The quantitative estimate of drug-likeness (QED) is 0.670. The first kappa shape index (κ1) is 19.4. The lowest BCUT2D eigenvalue weighted by atomic mass is 10.0. The summed E-state index contributed by atoms with van der Waals surface area (Å²) in [5.74, 6) is 1.22. The average Bonchev–Trinajstić information content (AvgIpc) is 3.23. The van der Waals surface area contributed by atoms with E-state index in [0.717, 1.165) is 23.4 Å². The molecule has 0 amide bonds. The van der Waals surface area contributed by atoms with Crippen LogP contribution in [0.25, 0.3) is 22.7 Å². The number of sulfone groups is 1. The zero-order valence-corrected chi connectivity index (χ0v) is 17.3. The van der Waals surface area contributed by atoms with Crippen molar-refractivity contribution in [3.05, 3.63) is 35.5 Å². The van der Waals surface area contributed by atoms with Crippen LogP contribution in [0.3, 0.4) is 0 Å². The van der Waals surface area contributed by atoms with E-state index < -0.39 is 9.84 Å². The van der Waals surface area contributed by atoms with Crippen LogP contribution >= 0.6 is 0 Å². The van der Waals surface area contributed by atoms with E-state index in [1.807, 2.05) is 20.8 Å². The molecule has 0 spiro atoms. The minimum atomic E-state index is -3.00. The predicted molar refractivity (Wildman–Crippen MR) is 108 cm³/mol. The van der Waals surface area contributed by atoms with Crippen molar-refractivity contribution >= 4 is 15.8 Å². The standard InChI is InChI=1S/C19H22N6O3S/c1-4-14-12(3)25-28-18(14)15-8-22-19(23-13-5-6-29(26,27)10-13)24-17(15)16-9-20-11(2)7-21-16/h7-9,13H,4-6,10H2,1-3H3,(H,22,23,24)/t13-/m1/s1. The Kier molecular flexibility index (Phi) is 5.03. The lowest BCUT2D eigenvalue weighted by Gasteiger charge is -2.13. The second-order valence-electron chi connectivity index (χ2n) is 7.17. The number of anilines is 1. The summed E-state index contributed by atoms with van der Waals surface area (Å²) in [4.78, 5) is 17.8. The van der Waals surface area contributed by atoms with E-state index in [2.05, 4.69) is 30.4 Å². The molecule has 4 rings (SSSR count). The van der Waals surface area contributed by atoms with Gasteiger partial charge in [-0.1, -0.05) is 12.1 Å². The van der Waals surface area contributed by atoms with Gasteiger partial charge in [0.2, 0.25) is 5.95 Å². The van der Waals surface area contributed by atoms with Gasteiger partial charge in [-0.15, -0.1) is 0 Å². The minimum absolute atomic E-state index is 0.0824. The van der Waals surface area contributed by atoms with E-state index in [0.29, 0.717) is 35.1 Å². The number of hydrogen-bond acceptors (Lipinski definition) is 9. The third kappa shape index (κ3) is 3.98. The Morgan fingerprint density at radius 2 is 2.00 bits per heavy atom. The molecule has 4 heterocycles.